The molecule has 1 aromatic rings. The summed E-state index contributed by atoms with van der Waals surface area (Å²) in [7, 11) is 0. The predicted octanol–water partition coefficient (Wildman–Crippen LogP) is 2.63. The first-order valence-corrected chi connectivity index (χ1v) is 5.98. The molecule has 1 unspecified atom stereocenters. The molecule has 0 spiro atoms. The molecule has 0 saturated heterocycles. The average molecular weight is 222 g/mol. The standard InChI is InChI=1S/C13H22N2O/c1-11(2)15-9-4-6-12(3)16-13-7-5-8-14-10-13/h5,7-8,10-12,15H,4,6,9H2,1-3H3. The van der Waals surface area contributed by atoms with Gasteiger partial charge in [-0.2, -0.15) is 0 Å². The third-order valence-electron chi connectivity index (χ3n) is 2.31. The first-order valence-electron chi connectivity index (χ1n) is 5.98. The summed E-state index contributed by atoms with van der Waals surface area (Å²) < 4.78 is 5.73. The molecule has 16 heavy (non-hydrogen) atoms. The minimum Gasteiger partial charge on any atom is -0.489 e. The van der Waals surface area contributed by atoms with Crippen molar-refractivity contribution in [2.24, 2.45) is 0 Å². The molecule has 1 atom stereocenters. The lowest BCUT2D eigenvalue weighted by Crippen LogP contribution is -2.25. The average Bonchev–Trinajstić information content (AvgIpc) is 2.25. The van der Waals surface area contributed by atoms with E-state index in [0.29, 0.717) is 6.04 Å². The van der Waals surface area contributed by atoms with Gasteiger partial charge >= 0.3 is 0 Å². The Labute approximate surface area is 98.2 Å². The Morgan fingerprint density at radius 1 is 1.38 bits per heavy atom. The zero-order chi connectivity index (χ0) is 11.8. The first-order chi connectivity index (χ1) is 7.68. The van der Waals surface area contributed by atoms with Crippen LogP contribution in [0.3, 0.4) is 0 Å². The normalized spacial score (nSPS) is 12.8. The Hall–Kier alpha value is -1.09. The van der Waals surface area contributed by atoms with Crippen LogP contribution in [0.2, 0.25) is 0 Å². The van der Waals surface area contributed by atoms with Crippen molar-refractivity contribution in [3.63, 3.8) is 0 Å². The van der Waals surface area contributed by atoms with E-state index in [1.807, 2.05) is 12.1 Å². The SMILES string of the molecule is CC(C)NCCCC(C)Oc1cccnc1. The molecule has 90 valence electrons. The number of nitrogens with one attached hydrogen (secondary N) is 1. The van der Waals surface area contributed by atoms with Crippen molar-refractivity contribution in [3.8, 4) is 5.75 Å². The van der Waals surface area contributed by atoms with Gasteiger partial charge in [0.25, 0.3) is 0 Å². The van der Waals surface area contributed by atoms with Crippen LogP contribution in [0.25, 0.3) is 0 Å². The molecule has 3 nitrogen and oxygen atoms in total. The molecular formula is C13H22N2O. The van der Waals surface area contributed by atoms with Crippen molar-refractivity contribution in [3.05, 3.63) is 24.5 Å². The Morgan fingerprint density at radius 2 is 2.19 bits per heavy atom. The smallest absolute Gasteiger partial charge is 0.137 e. The Morgan fingerprint density at radius 3 is 2.81 bits per heavy atom. The van der Waals surface area contributed by atoms with Crippen LogP contribution in [0, 0.1) is 0 Å². The Kier molecular flexibility index (Phi) is 5.86. The molecule has 1 aromatic heterocycles. The quantitative estimate of drug-likeness (QED) is 0.720. The van der Waals surface area contributed by atoms with Crippen molar-refractivity contribution < 1.29 is 4.74 Å². The molecule has 0 bridgehead atoms. The second-order valence-electron chi connectivity index (χ2n) is 4.37. The van der Waals surface area contributed by atoms with Gasteiger partial charge in [-0.25, -0.2) is 0 Å². The van der Waals surface area contributed by atoms with Gasteiger partial charge in [0.05, 0.1) is 12.3 Å². The van der Waals surface area contributed by atoms with Gasteiger partial charge in [0, 0.05) is 12.2 Å². The minimum absolute atomic E-state index is 0.248. The largest absolute Gasteiger partial charge is 0.489 e. The lowest BCUT2D eigenvalue weighted by atomic mass is 10.2. The molecule has 0 radical (unpaired) electrons. The van der Waals surface area contributed by atoms with Gasteiger partial charge in [0.2, 0.25) is 0 Å². The molecular weight excluding hydrogens is 200 g/mol. The maximum atomic E-state index is 5.73. The molecule has 0 saturated carbocycles. The molecule has 0 amide bonds. The second kappa shape index (κ2) is 7.23. The zero-order valence-corrected chi connectivity index (χ0v) is 10.4. The van der Waals surface area contributed by atoms with E-state index >= 15 is 0 Å². The van der Waals surface area contributed by atoms with Gasteiger partial charge in [-0.1, -0.05) is 13.8 Å². The summed E-state index contributed by atoms with van der Waals surface area (Å²) in [6.45, 7) is 7.48. The number of nitrogens with zero attached hydrogens (tertiary/aromatic N) is 1. The molecule has 0 aromatic carbocycles. The summed E-state index contributed by atoms with van der Waals surface area (Å²) >= 11 is 0. The van der Waals surface area contributed by atoms with E-state index in [1.54, 1.807) is 12.4 Å². The van der Waals surface area contributed by atoms with Crippen LogP contribution in [0.4, 0.5) is 0 Å². The highest BCUT2D eigenvalue weighted by molar-refractivity contribution is 5.15. The monoisotopic (exact) mass is 222 g/mol. The van der Waals surface area contributed by atoms with Crippen molar-refractivity contribution in [2.75, 3.05) is 6.54 Å². The van der Waals surface area contributed by atoms with Gasteiger partial charge in [-0.05, 0) is 38.4 Å². The molecule has 0 aliphatic heterocycles. The number of hydrogen-bond donors (Lipinski definition) is 1. The van der Waals surface area contributed by atoms with Crippen LogP contribution >= 0.6 is 0 Å². The number of rotatable bonds is 7. The van der Waals surface area contributed by atoms with Crippen molar-refractivity contribution in [1.29, 1.82) is 0 Å². The lowest BCUT2D eigenvalue weighted by Gasteiger charge is -2.15. The van der Waals surface area contributed by atoms with Crippen LogP contribution in [0.15, 0.2) is 24.5 Å². The van der Waals surface area contributed by atoms with Gasteiger partial charge in [-0.15, -0.1) is 0 Å². The van der Waals surface area contributed by atoms with Gasteiger partial charge < -0.3 is 10.1 Å². The summed E-state index contributed by atoms with van der Waals surface area (Å²) in [5.41, 5.74) is 0. The van der Waals surface area contributed by atoms with E-state index in [-0.39, 0.29) is 6.10 Å². The Balaban J connectivity index is 2.14. The van der Waals surface area contributed by atoms with Gasteiger partial charge in [0.1, 0.15) is 5.75 Å². The van der Waals surface area contributed by atoms with Gasteiger partial charge in [-0.3, -0.25) is 4.98 Å². The van der Waals surface area contributed by atoms with E-state index in [9.17, 15) is 0 Å². The Bertz CT molecular complexity index is 275. The van der Waals surface area contributed by atoms with E-state index in [0.717, 1.165) is 25.1 Å². The number of aromatic nitrogens is 1. The highest BCUT2D eigenvalue weighted by atomic mass is 16.5. The van der Waals surface area contributed by atoms with Crippen molar-refractivity contribution in [2.45, 2.75) is 45.8 Å². The van der Waals surface area contributed by atoms with Crippen LogP contribution < -0.4 is 10.1 Å². The van der Waals surface area contributed by atoms with Crippen LogP contribution in [-0.4, -0.2) is 23.7 Å². The van der Waals surface area contributed by atoms with Crippen LogP contribution in [-0.2, 0) is 0 Å². The minimum atomic E-state index is 0.248. The first kappa shape index (κ1) is 13.0. The summed E-state index contributed by atoms with van der Waals surface area (Å²) in [4.78, 5) is 4.02. The van der Waals surface area contributed by atoms with E-state index < -0.39 is 0 Å². The van der Waals surface area contributed by atoms with Crippen LogP contribution in [0.1, 0.15) is 33.6 Å². The fraction of sp³-hybridized carbons (Fsp3) is 0.615. The zero-order valence-electron chi connectivity index (χ0n) is 10.4. The molecule has 0 aliphatic carbocycles. The maximum absolute atomic E-state index is 5.73. The second-order valence-corrected chi connectivity index (χ2v) is 4.37. The fourth-order valence-corrected chi connectivity index (χ4v) is 1.49. The highest BCUT2D eigenvalue weighted by Gasteiger charge is 2.03. The molecule has 3 heteroatoms. The topological polar surface area (TPSA) is 34.1 Å². The fourth-order valence-electron chi connectivity index (χ4n) is 1.49. The molecule has 0 fully saturated rings. The number of ether oxygens (including phenoxy) is 1. The maximum Gasteiger partial charge on any atom is 0.137 e. The summed E-state index contributed by atoms with van der Waals surface area (Å²) in [5, 5.41) is 3.40. The number of pyridine rings is 1. The molecule has 1 rings (SSSR count). The lowest BCUT2D eigenvalue weighted by molar-refractivity contribution is 0.206. The predicted molar refractivity (Wildman–Crippen MR) is 66.7 cm³/mol. The number of hydrogen-bond acceptors (Lipinski definition) is 3. The third kappa shape index (κ3) is 5.71. The highest BCUT2D eigenvalue weighted by Crippen LogP contribution is 2.11. The molecule has 1 N–H and O–H groups in total. The van der Waals surface area contributed by atoms with Crippen molar-refractivity contribution in [1.82, 2.24) is 10.3 Å². The van der Waals surface area contributed by atoms with E-state index in [1.165, 1.54) is 0 Å². The van der Waals surface area contributed by atoms with Gasteiger partial charge in [0.15, 0.2) is 0 Å². The third-order valence-corrected chi connectivity index (χ3v) is 2.31. The van der Waals surface area contributed by atoms with Crippen molar-refractivity contribution >= 4 is 0 Å². The summed E-state index contributed by atoms with van der Waals surface area (Å²) in [6, 6.07) is 4.40. The summed E-state index contributed by atoms with van der Waals surface area (Å²) in [6.07, 6.45) is 5.96. The molecule has 1 heterocycles. The van der Waals surface area contributed by atoms with E-state index in [2.05, 4.69) is 31.1 Å². The molecule has 0 aliphatic rings. The van der Waals surface area contributed by atoms with E-state index in [4.69, 9.17) is 4.74 Å². The summed E-state index contributed by atoms with van der Waals surface area (Å²) in [5.74, 6) is 0.854. The van der Waals surface area contributed by atoms with Crippen LogP contribution in [0.5, 0.6) is 5.75 Å².